The van der Waals surface area contributed by atoms with Crippen molar-refractivity contribution in [1.29, 1.82) is 31.6 Å². The number of nitrogens with zero attached hydrogens (tertiary/aromatic N) is 14. The number of nitriles is 6. The van der Waals surface area contributed by atoms with Gasteiger partial charge in [0.2, 0.25) is 0 Å². The Morgan fingerprint density at radius 3 is 0.972 bits per heavy atom. The lowest BCUT2D eigenvalue weighted by molar-refractivity contribution is -0.136. The molecule has 0 spiro atoms. The van der Waals surface area contributed by atoms with E-state index in [1.807, 2.05) is 124 Å². The number of aromatic nitrogens is 4. The predicted molar refractivity (Wildman–Crippen MR) is 420 cm³/mol. The summed E-state index contributed by atoms with van der Waals surface area (Å²) in [7, 11) is 2.35. The quantitative estimate of drug-likeness (QED) is 0.0739. The van der Waals surface area contributed by atoms with Gasteiger partial charge in [-0.15, -0.1) is 0 Å². The molecule has 10 aromatic rings. The van der Waals surface area contributed by atoms with Crippen molar-refractivity contribution in [2.24, 2.45) is 0 Å². The summed E-state index contributed by atoms with van der Waals surface area (Å²) < 4.78 is 10.4. The Hall–Kier alpha value is -14.6. The molecule has 0 amide bonds. The molecule has 0 unspecified atom stereocenters. The Bertz CT molecular complexity index is 6020. The summed E-state index contributed by atoms with van der Waals surface area (Å²) in [6, 6.07) is 55.6. The van der Waals surface area contributed by atoms with Crippen molar-refractivity contribution in [1.82, 2.24) is 19.9 Å². The van der Waals surface area contributed by atoms with Crippen molar-refractivity contribution >= 4 is 102 Å². The van der Waals surface area contributed by atoms with Crippen LogP contribution < -0.4 is 19.6 Å². The first-order valence-corrected chi connectivity index (χ1v) is 34.8. The molecular weight excluding hydrogens is 1340 g/mol. The summed E-state index contributed by atoms with van der Waals surface area (Å²) in [5.41, 5.74) is 20.3. The third-order valence-corrected chi connectivity index (χ3v) is 20.0. The lowest BCUT2D eigenvalue weighted by Gasteiger charge is -2.29. The number of ether oxygens (including phenoxy) is 2. The molecule has 2 aromatic heterocycles. The third kappa shape index (κ3) is 11.5. The van der Waals surface area contributed by atoms with Gasteiger partial charge in [-0.3, -0.25) is 19.6 Å². The second-order valence-corrected chi connectivity index (χ2v) is 27.4. The van der Waals surface area contributed by atoms with Crippen LogP contribution in [0.2, 0.25) is 0 Å². The van der Waals surface area contributed by atoms with Crippen LogP contribution >= 0.6 is 0 Å². The van der Waals surface area contributed by atoms with E-state index < -0.39 is 11.9 Å². The van der Waals surface area contributed by atoms with Crippen molar-refractivity contribution in [2.45, 2.75) is 83.1 Å². The smallest absolute Gasteiger partial charge is 0.349 e. The van der Waals surface area contributed by atoms with Gasteiger partial charge >= 0.3 is 11.9 Å². The van der Waals surface area contributed by atoms with E-state index in [4.69, 9.17) is 29.4 Å². The lowest BCUT2D eigenvalue weighted by Crippen LogP contribution is -2.24. The van der Waals surface area contributed by atoms with E-state index >= 15 is 0 Å². The number of para-hydroxylation sites is 2. The maximum absolute atomic E-state index is 13.8. The maximum atomic E-state index is 13.8. The third-order valence-electron chi connectivity index (χ3n) is 20.0. The summed E-state index contributed by atoms with van der Waals surface area (Å²) in [6.07, 6.45) is 7.21. The summed E-state index contributed by atoms with van der Waals surface area (Å²) >= 11 is 0. The van der Waals surface area contributed by atoms with Crippen molar-refractivity contribution in [3.63, 3.8) is 0 Å². The number of hydrogen-bond acceptors (Lipinski definition) is 18. The minimum atomic E-state index is -0.926. The van der Waals surface area contributed by atoms with Crippen LogP contribution in [0.25, 0.3) is 55.5 Å². The molecule has 2 aliphatic carbocycles. The average molecular weight is 1410 g/mol. The van der Waals surface area contributed by atoms with E-state index in [9.17, 15) is 41.2 Å². The molecule has 18 heteroatoms. The van der Waals surface area contributed by atoms with E-state index in [2.05, 4.69) is 136 Å². The SMILES string of the molecule is COC(=O)/C(C#N)=C1C(=C/C=C2/N(c3c(C)cc(C)cc3C)c3nc4ccc(-c5ccc6c(c5)C(=C(C#N)C#N)/C(=C\C=C5N(c7c(C)cc(C)cc7C)c7nc8ccccc8nc7N5c5c(C)cc(C)cc5C)C6=C(C#N)C#N)cc4nc3N2c2c(C)cc(C)cc2C)/C(=C(\C#N)C(=O)OC)c2ccccc2/1. The van der Waals surface area contributed by atoms with Gasteiger partial charge in [0.1, 0.15) is 70.3 Å². The van der Waals surface area contributed by atoms with Crippen LogP contribution in [0.15, 0.2) is 203 Å². The number of benzene rings is 8. The van der Waals surface area contributed by atoms with Crippen LogP contribution in [0.3, 0.4) is 0 Å². The topological polar surface area (TPSA) is 260 Å². The number of methoxy groups -OCH3 is 2. The van der Waals surface area contributed by atoms with E-state index in [0.29, 0.717) is 95.9 Å². The fourth-order valence-corrected chi connectivity index (χ4v) is 16.2. The van der Waals surface area contributed by atoms with Gasteiger partial charge in [0, 0.05) is 22.3 Å². The number of aryl methyl sites for hydroxylation is 12. The number of hydrogen-bond donors (Lipinski definition) is 0. The number of anilines is 8. The normalized spacial score (nSPS) is 14.9. The van der Waals surface area contributed by atoms with Gasteiger partial charge in [0.25, 0.3) is 0 Å². The molecule has 4 aliphatic rings. The highest BCUT2D eigenvalue weighted by molar-refractivity contribution is 6.21. The molecule has 4 heterocycles. The highest BCUT2D eigenvalue weighted by atomic mass is 16.5. The van der Waals surface area contributed by atoms with Crippen LogP contribution in [0.4, 0.5) is 46.0 Å². The molecule has 522 valence electrons. The van der Waals surface area contributed by atoms with Gasteiger partial charge in [0.05, 0.1) is 59.0 Å². The molecule has 0 saturated carbocycles. The second-order valence-electron chi connectivity index (χ2n) is 27.4. The lowest BCUT2D eigenvalue weighted by atomic mass is 9.95. The summed E-state index contributed by atoms with van der Waals surface area (Å²) in [5, 5.41) is 65.9. The minimum absolute atomic E-state index is 0.139. The zero-order chi connectivity index (χ0) is 76.6. The van der Waals surface area contributed by atoms with E-state index in [1.165, 1.54) is 14.2 Å². The van der Waals surface area contributed by atoms with Gasteiger partial charge < -0.3 is 9.47 Å². The number of carbonyl (C=O) groups is 2. The zero-order valence-electron chi connectivity index (χ0n) is 61.9. The van der Waals surface area contributed by atoms with Crippen molar-refractivity contribution in [2.75, 3.05) is 33.8 Å². The first kappa shape index (κ1) is 70.5. The van der Waals surface area contributed by atoms with Crippen LogP contribution in [-0.4, -0.2) is 46.1 Å². The number of allylic oxidation sites excluding steroid dienone is 12. The van der Waals surface area contributed by atoms with Crippen LogP contribution in [0, 0.1) is 151 Å². The van der Waals surface area contributed by atoms with Crippen LogP contribution in [0.5, 0.6) is 0 Å². The van der Waals surface area contributed by atoms with Crippen molar-refractivity contribution in [3.8, 4) is 47.5 Å². The van der Waals surface area contributed by atoms with Gasteiger partial charge in [0.15, 0.2) is 23.3 Å². The first-order chi connectivity index (χ1) is 52.0. The fourth-order valence-electron chi connectivity index (χ4n) is 16.2. The monoisotopic (exact) mass is 1410 g/mol. The fraction of sp³-hybridized carbons (Fsp3) is 0.156. The molecule has 0 saturated heterocycles. The largest absolute Gasteiger partial charge is 0.465 e. The standard InChI is InChI=1S/C90H68N14O4/c1-47-31-51(5)81(52(6)32-47)101-75(102(82-53(7)33-48(2)34-54(82)8)86-85(101)97-71-21-17-18-22-72(71)98-86)29-26-66-77(61(41-91)42-92)65-25-23-59(39-68(65)78(66)62(43-93)44-94)60-24-28-73-74(40-60)100-88-87(99-73)103(83-55(9)35-49(3)36-56(83)10)76(104(88)84-57(11)37-50(4)38-58(84)12)30-27-67-79(69(45-95)89(105)107-13)63-19-15-16-20-64(63)80(67)70(46-96)90(106)108-14/h15-40H,1-14H3/b66-26-,76-30-,79-69+,80-70+. The van der Waals surface area contributed by atoms with Gasteiger partial charge in [-0.1, -0.05) is 125 Å². The Morgan fingerprint density at radius 2 is 0.630 bits per heavy atom. The number of fused-ring (bicyclic) bond motifs is 6. The Labute approximate surface area is 625 Å². The molecule has 14 rings (SSSR count). The molecule has 108 heavy (non-hydrogen) atoms. The first-order valence-electron chi connectivity index (χ1n) is 34.8. The number of carbonyl (C=O) groups excluding carboxylic acids is 2. The molecule has 0 atom stereocenters. The predicted octanol–water partition coefficient (Wildman–Crippen LogP) is 19.0. The zero-order valence-corrected chi connectivity index (χ0v) is 61.9. The van der Waals surface area contributed by atoms with Crippen LogP contribution in [-0.2, 0) is 19.1 Å². The Kier molecular flexibility index (Phi) is 18.0. The average Bonchev–Trinajstić information content (AvgIpc) is 1.57. The molecule has 8 aromatic carbocycles. The Balaban J connectivity index is 0.993. The molecule has 0 radical (unpaired) electrons. The highest BCUT2D eigenvalue weighted by Gasteiger charge is 2.43. The summed E-state index contributed by atoms with van der Waals surface area (Å²) in [5.74, 6) is 1.26. The van der Waals surface area contributed by atoms with Gasteiger partial charge in [-0.05, 0) is 227 Å². The molecule has 0 fully saturated rings. The number of rotatable bonds is 9. The van der Waals surface area contributed by atoms with Crippen LogP contribution in [0.1, 0.15) is 89.0 Å². The number of esters is 2. The summed E-state index contributed by atoms with van der Waals surface area (Å²) in [4.78, 5) is 57.7. The van der Waals surface area contributed by atoms with Crippen molar-refractivity contribution < 1.29 is 19.1 Å². The molecular formula is C90H68N14O4. The molecule has 0 bridgehead atoms. The summed E-state index contributed by atoms with van der Waals surface area (Å²) in [6.45, 7) is 24.5. The minimum Gasteiger partial charge on any atom is -0.465 e. The second kappa shape index (κ2) is 27.6. The van der Waals surface area contributed by atoms with Gasteiger partial charge in [-0.2, -0.15) is 31.6 Å². The molecule has 2 aliphatic heterocycles. The molecule has 18 nitrogen and oxygen atoms in total. The Morgan fingerprint density at radius 1 is 0.333 bits per heavy atom. The van der Waals surface area contributed by atoms with Gasteiger partial charge in [-0.25, -0.2) is 29.5 Å². The maximum Gasteiger partial charge on any atom is 0.349 e. The van der Waals surface area contributed by atoms with E-state index in [0.717, 1.165) is 89.5 Å². The van der Waals surface area contributed by atoms with E-state index in [1.54, 1.807) is 36.4 Å². The molecule has 0 N–H and O–H groups in total. The highest BCUT2D eigenvalue weighted by Crippen LogP contribution is 2.57. The van der Waals surface area contributed by atoms with E-state index in [-0.39, 0.29) is 50.2 Å². The van der Waals surface area contributed by atoms with Crippen molar-refractivity contribution in [3.05, 3.63) is 292 Å².